The van der Waals surface area contributed by atoms with Gasteiger partial charge >= 0.3 is 0 Å². The SMILES string of the molecule is CCc1cc2c(cc1N1CCC(NC(=O)COCCOCCSc3cccc4c3CN(C3CCC(=O)NC3=O)C4=O)CC1)C(C)(C)c1[nH]c3cc(C#N)ccc3c1C2=O. The molecule has 8 rings (SSSR count). The van der Waals surface area contributed by atoms with Crippen LogP contribution < -0.4 is 15.5 Å². The van der Waals surface area contributed by atoms with E-state index in [-0.39, 0.29) is 49.2 Å². The number of nitrogens with zero attached hydrogens (tertiary/aromatic N) is 3. The van der Waals surface area contributed by atoms with Gasteiger partial charge in [0.2, 0.25) is 17.7 Å². The largest absolute Gasteiger partial charge is 0.378 e. The Balaban J connectivity index is 0.771. The van der Waals surface area contributed by atoms with Crippen LogP contribution in [0.3, 0.4) is 0 Å². The lowest BCUT2D eigenvalue weighted by molar-refractivity contribution is -0.137. The zero-order valence-corrected chi connectivity index (χ0v) is 34.4. The minimum Gasteiger partial charge on any atom is -0.378 e. The highest BCUT2D eigenvalue weighted by molar-refractivity contribution is 7.99. The van der Waals surface area contributed by atoms with Crippen molar-refractivity contribution in [3.05, 3.63) is 93.2 Å². The van der Waals surface area contributed by atoms with Gasteiger partial charge in [0.1, 0.15) is 12.6 Å². The Morgan fingerprint density at radius 2 is 1.80 bits per heavy atom. The number of thioether (sulfide) groups is 1. The van der Waals surface area contributed by atoms with Gasteiger partial charge in [-0.3, -0.25) is 29.3 Å². The number of piperidine rings is 2. The lowest BCUT2D eigenvalue weighted by Crippen LogP contribution is -2.52. The maximum Gasteiger partial charge on any atom is 0.255 e. The highest BCUT2D eigenvalue weighted by Crippen LogP contribution is 2.46. The molecule has 59 heavy (non-hydrogen) atoms. The number of carbonyl (C=O) groups excluding carboxylic acids is 5. The van der Waals surface area contributed by atoms with Gasteiger partial charge in [0.15, 0.2) is 5.78 Å². The molecule has 4 aromatic rings. The fourth-order valence-corrected chi connectivity index (χ4v) is 9.92. The molecule has 4 aliphatic rings. The number of anilines is 1. The summed E-state index contributed by atoms with van der Waals surface area (Å²) in [5.41, 5.74) is 7.90. The van der Waals surface area contributed by atoms with Gasteiger partial charge in [-0.05, 0) is 78.8 Å². The second-order valence-electron chi connectivity index (χ2n) is 16.1. The van der Waals surface area contributed by atoms with Crippen LogP contribution in [-0.2, 0) is 42.2 Å². The van der Waals surface area contributed by atoms with Gasteiger partial charge in [-0.1, -0.05) is 32.9 Å². The smallest absolute Gasteiger partial charge is 0.255 e. The van der Waals surface area contributed by atoms with Crippen LogP contribution in [-0.4, -0.2) is 96.6 Å². The standard InChI is InChI=1S/C45H48N6O7S/c1-4-27-21-31-33(45(2,3)42-40(41(31)54)30-9-8-26(23-46)20-34(30)48-42)22-36(27)50-14-12-28(13-15-50)47-39(53)25-58-17-16-57-18-19-59-37-7-5-6-29-32(37)24-51(44(29)56)35-10-11-38(52)49-43(35)55/h5-9,20-22,28,35,48H,4,10-19,24-25H2,1-3H3,(H,47,53)(H,49,52,55). The van der Waals surface area contributed by atoms with Crippen molar-refractivity contribution in [2.75, 3.05) is 50.2 Å². The number of benzene rings is 3. The molecule has 3 N–H and O–H groups in total. The third-order valence-electron chi connectivity index (χ3n) is 12.1. The number of hydrogen-bond acceptors (Lipinski definition) is 10. The first-order valence-electron chi connectivity index (χ1n) is 20.4. The van der Waals surface area contributed by atoms with Crippen LogP contribution in [0, 0.1) is 11.3 Å². The Hall–Kier alpha value is -5.49. The number of ketones is 1. The first-order chi connectivity index (χ1) is 28.5. The number of aromatic amines is 1. The van der Waals surface area contributed by atoms with Gasteiger partial charge in [0, 0.05) is 81.6 Å². The van der Waals surface area contributed by atoms with Crippen molar-refractivity contribution in [3.63, 3.8) is 0 Å². The first kappa shape index (κ1) is 40.3. The molecule has 2 saturated heterocycles. The highest BCUT2D eigenvalue weighted by Gasteiger charge is 2.42. The fourth-order valence-electron chi connectivity index (χ4n) is 8.98. The Morgan fingerprint density at radius 3 is 2.56 bits per heavy atom. The lowest BCUT2D eigenvalue weighted by Gasteiger charge is -2.38. The number of ether oxygens (including phenoxy) is 2. The quantitative estimate of drug-likeness (QED) is 0.0932. The van der Waals surface area contributed by atoms with E-state index in [1.54, 1.807) is 28.8 Å². The first-order valence-corrected chi connectivity index (χ1v) is 21.3. The van der Waals surface area contributed by atoms with Crippen molar-refractivity contribution in [3.8, 4) is 6.07 Å². The molecule has 1 aromatic heterocycles. The molecule has 3 aromatic carbocycles. The predicted octanol–water partition coefficient (Wildman–Crippen LogP) is 5.14. The Morgan fingerprint density at radius 1 is 1.00 bits per heavy atom. The zero-order chi connectivity index (χ0) is 41.4. The molecular weight excluding hydrogens is 769 g/mol. The maximum absolute atomic E-state index is 14.0. The summed E-state index contributed by atoms with van der Waals surface area (Å²) in [6, 6.07) is 16.9. The van der Waals surface area contributed by atoms with Crippen molar-refractivity contribution in [2.45, 2.75) is 81.8 Å². The Kier molecular flexibility index (Phi) is 11.4. The van der Waals surface area contributed by atoms with E-state index in [0.717, 1.165) is 81.8 Å². The van der Waals surface area contributed by atoms with E-state index in [1.165, 1.54) is 0 Å². The van der Waals surface area contributed by atoms with Gasteiger partial charge in [-0.25, -0.2) is 0 Å². The van der Waals surface area contributed by atoms with Crippen LogP contribution in [0.4, 0.5) is 5.69 Å². The number of aryl methyl sites for hydroxylation is 1. The average molecular weight is 817 g/mol. The number of rotatable bonds is 13. The molecule has 13 nitrogen and oxygen atoms in total. The minimum atomic E-state index is -0.647. The van der Waals surface area contributed by atoms with Crippen LogP contribution in [0.5, 0.6) is 0 Å². The Labute approximate surface area is 347 Å². The summed E-state index contributed by atoms with van der Waals surface area (Å²) in [7, 11) is 0. The van der Waals surface area contributed by atoms with Crippen LogP contribution in [0.1, 0.15) is 101 Å². The Bertz CT molecular complexity index is 2410. The van der Waals surface area contributed by atoms with Crippen LogP contribution in [0.25, 0.3) is 10.9 Å². The number of nitriles is 1. The van der Waals surface area contributed by atoms with E-state index in [9.17, 15) is 29.2 Å². The average Bonchev–Trinajstić information content (AvgIpc) is 3.79. The lowest BCUT2D eigenvalue weighted by atomic mass is 9.70. The molecule has 4 amide bonds. The molecule has 3 aliphatic heterocycles. The molecule has 0 saturated carbocycles. The van der Waals surface area contributed by atoms with E-state index >= 15 is 0 Å². The van der Waals surface area contributed by atoms with E-state index in [1.807, 2.05) is 24.3 Å². The molecule has 1 unspecified atom stereocenters. The zero-order valence-electron chi connectivity index (χ0n) is 33.6. The minimum absolute atomic E-state index is 0.00836. The van der Waals surface area contributed by atoms with E-state index < -0.39 is 17.4 Å². The summed E-state index contributed by atoms with van der Waals surface area (Å²) in [6.07, 6.45) is 2.90. The third-order valence-corrected chi connectivity index (χ3v) is 13.2. The number of imide groups is 1. The van der Waals surface area contributed by atoms with Crippen LogP contribution >= 0.6 is 11.8 Å². The topological polar surface area (TPSA) is 174 Å². The summed E-state index contributed by atoms with van der Waals surface area (Å²) in [6.45, 7) is 9.31. The van der Waals surface area contributed by atoms with Crippen LogP contribution in [0.2, 0.25) is 0 Å². The number of H-pyrrole nitrogens is 1. The molecule has 1 aliphatic carbocycles. The van der Waals surface area contributed by atoms with Gasteiger partial charge < -0.3 is 29.6 Å². The number of aromatic nitrogens is 1. The van der Waals surface area contributed by atoms with E-state index in [0.29, 0.717) is 48.6 Å². The van der Waals surface area contributed by atoms with Crippen molar-refractivity contribution >= 4 is 57.8 Å². The van der Waals surface area contributed by atoms with Gasteiger partial charge in [0.05, 0.1) is 37.0 Å². The number of hydrogen-bond donors (Lipinski definition) is 3. The van der Waals surface area contributed by atoms with Crippen molar-refractivity contribution in [2.24, 2.45) is 0 Å². The van der Waals surface area contributed by atoms with E-state index in [2.05, 4.69) is 59.5 Å². The van der Waals surface area contributed by atoms with Gasteiger partial charge in [-0.15, -0.1) is 11.8 Å². The summed E-state index contributed by atoms with van der Waals surface area (Å²) < 4.78 is 11.4. The monoisotopic (exact) mass is 816 g/mol. The molecule has 4 heterocycles. The molecule has 1 atom stereocenters. The van der Waals surface area contributed by atoms with Crippen molar-refractivity contribution in [1.82, 2.24) is 20.5 Å². The number of carbonyl (C=O) groups is 5. The molecule has 0 bridgehead atoms. The summed E-state index contributed by atoms with van der Waals surface area (Å²) in [4.78, 5) is 72.3. The normalized spacial score (nSPS) is 18.7. The molecular formula is C45H48N6O7S. The summed E-state index contributed by atoms with van der Waals surface area (Å²) in [5, 5.41) is 15.8. The summed E-state index contributed by atoms with van der Waals surface area (Å²) >= 11 is 1.58. The molecule has 14 heteroatoms. The van der Waals surface area contributed by atoms with E-state index in [4.69, 9.17) is 9.47 Å². The number of nitrogens with one attached hydrogen (secondary N) is 3. The molecule has 0 spiro atoms. The predicted molar refractivity (Wildman–Crippen MR) is 223 cm³/mol. The molecule has 2 fully saturated rings. The molecule has 0 radical (unpaired) electrons. The number of amides is 4. The number of fused-ring (bicyclic) bond motifs is 5. The second kappa shape index (κ2) is 16.6. The van der Waals surface area contributed by atoms with Crippen LogP contribution in [0.15, 0.2) is 53.4 Å². The maximum atomic E-state index is 14.0. The third kappa shape index (κ3) is 7.75. The van der Waals surface area contributed by atoms with Gasteiger partial charge in [-0.2, -0.15) is 5.26 Å². The molecule has 306 valence electrons. The van der Waals surface area contributed by atoms with Crippen molar-refractivity contribution < 1.29 is 33.4 Å². The van der Waals surface area contributed by atoms with Crippen molar-refractivity contribution in [1.29, 1.82) is 5.26 Å². The van der Waals surface area contributed by atoms with Gasteiger partial charge in [0.25, 0.3) is 5.91 Å². The highest BCUT2D eigenvalue weighted by atomic mass is 32.2. The second-order valence-corrected chi connectivity index (χ2v) is 17.2. The summed E-state index contributed by atoms with van der Waals surface area (Å²) in [5.74, 6) is -0.417. The fraction of sp³-hybridized carbons (Fsp3) is 0.422.